The minimum Gasteiger partial charge on any atom is -0.390 e. The lowest BCUT2D eigenvalue weighted by atomic mass is 10.2. The molecule has 0 saturated carbocycles. The highest BCUT2D eigenvalue weighted by atomic mass is 19.1. The van der Waals surface area contributed by atoms with E-state index >= 15 is 0 Å². The fourth-order valence-corrected chi connectivity index (χ4v) is 1.74. The molecule has 0 fully saturated rings. The van der Waals surface area contributed by atoms with Crippen LogP contribution in [0.5, 0.6) is 0 Å². The van der Waals surface area contributed by atoms with Gasteiger partial charge in [0, 0.05) is 19.6 Å². The molecule has 96 valence electrons. The number of para-hydroxylation sites is 1. The van der Waals surface area contributed by atoms with Gasteiger partial charge in [0.2, 0.25) is 0 Å². The third kappa shape index (κ3) is 4.32. The number of halogens is 1. The van der Waals surface area contributed by atoms with Crippen molar-refractivity contribution in [1.29, 1.82) is 0 Å². The van der Waals surface area contributed by atoms with Gasteiger partial charge in [0.1, 0.15) is 5.82 Å². The summed E-state index contributed by atoms with van der Waals surface area (Å²) >= 11 is 0. The van der Waals surface area contributed by atoms with Crippen LogP contribution in [-0.2, 0) is 0 Å². The number of benzene rings is 1. The van der Waals surface area contributed by atoms with Crippen molar-refractivity contribution >= 4 is 5.69 Å². The maximum atomic E-state index is 13.6. The Morgan fingerprint density at radius 2 is 2.06 bits per heavy atom. The number of hydrogen-bond donors (Lipinski definition) is 2. The molecule has 0 saturated heterocycles. The van der Waals surface area contributed by atoms with Crippen LogP contribution in [0.25, 0.3) is 0 Å². The lowest BCUT2D eigenvalue weighted by molar-refractivity contribution is 0.177. The van der Waals surface area contributed by atoms with E-state index in [1.165, 1.54) is 6.07 Å². The molecule has 0 aliphatic carbocycles. The Balaban J connectivity index is 2.62. The van der Waals surface area contributed by atoms with E-state index in [-0.39, 0.29) is 5.82 Å². The van der Waals surface area contributed by atoms with Crippen molar-refractivity contribution in [2.75, 3.05) is 31.1 Å². The topological polar surface area (TPSA) is 35.5 Å². The van der Waals surface area contributed by atoms with Crippen molar-refractivity contribution in [3.63, 3.8) is 0 Å². The summed E-state index contributed by atoms with van der Waals surface area (Å²) in [6.45, 7) is 6.40. The van der Waals surface area contributed by atoms with E-state index in [0.29, 0.717) is 25.3 Å². The van der Waals surface area contributed by atoms with Crippen molar-refractivity contribution < 1.29 is 9.50 Å². The zero-order valence-corrected chi connectivity index (χ0v) is 10.5. The second kappa shape index (κ2) is 7.25. The summed E-state index contributed by atoms with van der Waals surface area (Å²) in [4.78, 5) is 1.84. The highest BCUT2D eigenvalue weighted by Gasteiger charge is 2.13. The van der Waals surface area contributed by atoms with Gasteiger partial charge in [-0.05, 0) is 25.6 Å². The zero-order valence-electron chi connectivity index (χ0n) is 10.5. The Hall–Kier alpha value is -1.13. The zero-order chi connectivity index (χ0) is 12.7. The van der Waals surface area contributed by atoms with Crippen molar-refractivity contribution in [1.82, 2.24) is 5.32 Å². The summed E-state index contributed by atoms with van der Waals surface area (Å²) in [7, 11) is 0. The largest absolute Gasteiger partial charge is 0.390 e. The quantitative estimate of drug-likeness (QED) is 0.760. The van der Waals surface area contributed by atoms with E-state index in [0.717, 1.165) is 6.54 Å². The second-order valence-corrected chi connectivity index (χ2v) is 3.95. The van der Waals surface area contributed by atoms with Crippen LogP contribution in [0.15, 0.2) is 24.3 Å². The number of nitrogens with one attached hydrogen (secondary N) is 1. The summed E-state index contributed by atoms with van der Waals surface area (Å²) in [6.07, 6.45) is -0.491. The minimum atomic E-state index is -0.491. The van der Waals surface area contributed by atoms with Crippen LogP contribution >= 0.6 is 0 Å². The van der Waals surface area contributed by atoms with Gasteiger partial charge in [0.25, 0.3) is 0 Å². The summed E-state index contributed by atoms with van der Waals surface area (Å²) in [5.74, 6) is -0.245. The van der Waals surface area contributed by atoms with E-state index in [9.17, 15) is 9.50 Å². The first-order valence-electron chi connectivity index (χ1n) is 6.07. The highest BCUT2D eigenvalue weighted by Crippen LogP contribution is 2.18. The summed E-state index contributed by atoms with van der Waals surface area (Å²) in [6, 6.07) is 6.65. The van der Waals surface area contributed by atoms with Crippen LogP contribution in [0.3, 0.4) is 0 Å². The standard InChI is InChI=1S/C13H21FN2O/c1-3-15-9-11(17)10-16(4-2)13-8-6-5-7-12(13)14/h5-8,11,15,17H,3-4,9-10H2,1-2H3. The summed E-state index contributed by atoms with van der Waals surface area (Å²) in [5.41, 5.74) is 0.547. The number of likely N-dealkylation sites (N-methyl/N-ethyl adjacent to an activating group) is 2. The molecule has 1 aromatic carbocycles. The molecule has 1 atom stereocenters. The number of aliphatic hydroxyl groups excluding tert-OH is 1. The molecule has 3 nitrogen and oxygen atoms in total. The monoisotopic (exact) mass is 240 g/mol. The lowest BCUT2D eigenvalue weighted by Gasteiger charge is -2.26. The number of aliphatic hydroxyl groups is 1. The van der Waals surface area contributed by atoms with Crippen LogP contribution in [0.4, 0.5) is 10.1 Å². The Morgan fingerprint density at radius 3 is 2.65 bits per heavy atom. The third-order valence-electron chi connectivity index (χ3n) is 2.64. The second-order valence-electron chi connectivity index (χ2n) is 3.95. The van der Waals surface area contributed by atoms with Crippen LogP contribution in [0, 0.1) is 5.82 Å². The van der Waals surface area contributed by atoms with Gasteiger partial charge in [-0.3, -0.25) is 0 Å². The van der Waals surface area contributed by atoms with Crippen molar-refractivity contribution in [3.05, 3.63) is 30.1 Å². The van der Waals surface area contributed by atoms with Crippen molar-refractivity contribution in [2.45, 2.75) is 20.0 Å². The average molecular weight is 240 g/mol. The predicted octanol–water partition coefficient (Wildman–Crippen LogP) is 1.62. The molecule has 0 spiro atoms. The first-order valence-corrected chi connectivity index (χ1v) is 6.07. The molecule has 1 rings (SSSR count). The fraction of sp³-hybridized carbons (Fsp3) is 0.538. The normalized spacial score (nSPS) is 12.5. The molecule has 0 heterocycles. The number of rotatable bonds is 7. The first-order chi connectivity index (χ1) is 8.19. The molecule has 0 amide bonds. The van der Waals surface area contributed by atoms with Crippen molar-refractivity contribution in [2.24, 2.45) is 0 Å². The number of hydrogen-bond acceptors (Lipinski definition) is 3. The van der Waals surface area contributed by atoms with Crippen LogP contribution < -0.4 is 10.2 Å². The van der Waals surface area contributed by atoms with Gasteiger partial charge < -0.3 is 15.3 Å². The van der Waals surface area contributed by atoms with E-state index in [4.69, 9.17) is 0 Å². The van der Waals surface area contributed by atoms with Gasteiger partial charge in [0.05, 0.1) is 11.8 Å². The molecule has 0 radical (unpaired) electrons. The molecule has 1 unspecified atom stereocenters. The lowest BCUT2D eigenvalue weighted by Crippen LogP contribution is -2.38. The molecular formula is C13H21FN2O. The van der Waals surface area contributed by atoms with Gasteiger partial charge in [-0.1, -0.05) is 19.1 Å². The fourth-order valence-electron chi connectivity index (χ4n) is 1.74. The molecule has 17 heavy (non-hydrogen) atoms. The highest BCUT2D eigenvalue weighted by molar-refractivity contribution is 5.47. The Bertz CT molecular complexity index is 333. The maximum Gasteiger partial charge on any atom is 0.146 e. The molecule has 0 aliphatic rings. The van der Waals surface area contributed by atoms with E-state index in [1.807, 2.05) is 18.7 Å². The average Bonchev–Trinajstić information content (AvgIpc) is 2.34. The molecular weight excluding hydrogens is 219 g/mol. The van der Waals surface area contributed by atoms with Gasteiger partial charge in [0.15, 0.2) is 0 Å². The summed E-state index contributed by atoms with van der Waals surface area (Å²) < 4.78 is 13.6. The van der Waals surface area contributed by atoms with Crippen LogP contribution in [0.1, 0.15) is 13.8 Å². The maximum absolute atomic E-state index is 13.6. The van der Waals surface area contributed by atoms with E-state index in [2.05, 4.69) is 5.32 Å². The SMILES string of the molecule is CCNCC(O)CN(CC)c1ccccc1F. The summed E-state index contributed by atoms with van der Waals surface area (Å²) in [5, 5.41) is 12.9. The third-order valence-corrected chi connectivity index (χ3v) is 2.64. The Kier molecular flexibility index (Phi) is 5.94. The molecule has 0 bridgehead atoms. The predicted molar refractivity (Wildman–Crippen MR) is 68.8 cm³/mol. The Morgan fingerprint density at radius 1 is 1.35 bits per heavy atom. The van der Waals surface area contributed by atoms with Gasteiger partial charge >= 0.3 is 0 Å². The number of anilines is 1. The molecule has 2 N–H and O–H groups in total. The van der Waals surface area contributed by atoms with E-state index < -0.39 is 6.10 Å². The number of nitrogens with zero attached hydrogens (tertiary/aromatic N) is 1. The molecule has 1 aromatic rings. The minimum absolute atomic E-state index is 0.245. The first kappa shape index (κ1) is 13.9. The van der Waals surface area contributed by atoms with Gasteiger partial charge in [-0.15, -0.1) is 0 Å². The van der Waals surface area contributed by atoms with Gasteiger partial charge in [-0.2, -0.15) is 0 Å². The smallest absolute Gasteiger partial charge is 0.146 e. The molecule has 0 aromatic heterocycles. The van der Waals surface area contributed by atoms with Crippen molar-refractivity contribution in [3.8, 4) is 0 Å². The van der Waals surface area contributed by atoms with E-state index in [1.54, 1.807) is 18.2 Å². The van der Waals surface area contributed by atoms with Crippen LogP contribution in [0.2, 0.25) is 0 Å². The molecule has 0 aliphatic heterocycles. The molecule has 4 heteroatoms. The Labute approximate surface area is 102 Å². The van der Waals surface area contributed by atoms with Crippen LogP contribution in [-0.4, -0.2) is 37.4 Å². The van der Waals surface area contributed by atoms with Gasteiger partial charge in [-0.25, -0.2) is 4.39 Å².